The highest BCUT2D eigenvalue weighted by Crippen LogP contribution is 2.51. The summed E-state index contributed by atoms with van der Waals surface area (Å²) in [5.74, 6) is 0.681. The van der Waals surface area contributed by atoms with Crippen LogP contribution in [0.5, 0.6) is 34.5 Å². The largest absolute Gasteiger partial charge is 0.507 e. The van der Waals surface area contributed by atoms with Gasteiger partial charge in [0.2, 0.25) is 0 Å². The van der Waals surface area contributed by atoms with Crippen LogP contribution in [0.4, 0.5) is 0 Å². The average Bonchev–Trinajstić information content (AvgIpc) is 2.74. The van der Waals surface area contributed by atoms with E-state index in [2.05, 4.69) is 0 Å². The van der Waals surface area contributed by atoms with E-state index < -0.39 is 0 Å². The second-order valence-corrected chi connectivity index (χ2v) is 7.18. The molecule has 31 heavy (non-hydrogen) atoms. The maximum Gasteiger partial charge on any atom is 0.170 e. The number of phenols is 3. The van der Waals surface area contributed by atoms with Crippen molar-refractivity contribution >= 4 is 0 Å². The smallest absolute Gasteiger partial charge is 0.170 e. The fourth-order valence-corrected chi connectivity index (χ4v) is 3.27. The van der Waals surface area contributed by atoms with Crippen molar-refractivity contribution in [3.63, 3.8) is 0 Å². The molecule has 3 rings (SSSR count). The van der Waals surface area contributed by atoms with E-state index in [4.69, 9.17) is 14.2 Å². The molecule has 0 fully saturated rings. The molecule has 0 atom stereocenters. The first kappa shape index (κ1) is 21.9. The second kappa shape index (κ2) is 9.34. The first-order chi connectivity index (χ1) is 14.9. The molecule has 0 unspecified atom stereocenters. The van der Waals surface area contributed by atoms with Gasteiger partial charge in [-0.05, 0) is 49.8 Å². The third-order valence-corrected chi connectivity index (χ3v) is 4.81. The highest BCUT2D eigenvalue weighted by atomic mass is 16.5. The minimum absolute atomic E-state index is 0.0468. The van der Waals surface area contributed by atoms with E-state index in [1.165, 1.54) is 20.3 Å². The number of phenolic OH excluding ortho intramolecular Hbond substituents is 3. The van der Waals surface area contributed by atoms with Gasteiger partial charge in [0, 0.05) is 11.1 Å². The molecule has 0 bridgehead atoms. The van der Waals surface area contributed by atoms with Crippen LogP contribution in [0.2, 0.25) is 0 Å². The van der Waals surface area contributed by atoms with Gasteiger partial charge in [0.1, 0.15) is 18.1 Å². The quantitative estimate of drug-likeness (QED) is 0.436. The Morgan fingerprint density at radius 2 is 1.58 bits per heavy atom. The Bertz CT molecular complexity index is 1110. The molecular weight excluding hydrogens is 396 g/mol. The maximum atomic E-state index is 11.0. The van der Waals surface area contributed by atoms with Gasteiger partial charge in [0.15, 0.2) is 23.0 Å². The Hall–Kier alpha value is -3.80. The predicted molar refractivity (Wildman–Crippen MR) is 120 cm³/mol. The zero-order chi connectivity index (χ0) is 22.5. The van der Waals surface area contributed by atoms with Crippen molar-refractivity contribution in [2.24, 2.45) is 0 Å². The maximum absolute atomic E-state index is 11.0. The van der Waals surface area contributed by atoms with Crippen LogP contribution in [0.1, 0.15) is 13.8 Å². The Morgan fingerprint density at radius 1 is 0.839 bits per heavy atom. The van der Waals surface area contributed by atoms with E-state index >= 15 is 0 Å². The van der Waals surface area contributed by atoms with Gasteiger partial charge in [-0.3, -0.25) is 0 Å². The van der Waals surface area contributed by atoms with Crippen LogP contribution in [0, 0.1) is 0 Å². The van der Waals surface area contributed by atoms with Crippen LogP contribution < -0.4 is 14.2 Å². The van der Waals surface area contributed by atoms with Gasteiger partial charge in [-0.25, -0.2) is 0 Å². The lowest BCUT2D eigenvalue weighted by atomic mass is 9.96. The Balaban J connectivity index is 2.11. The number of rotatable bonds is 7. The molecule has 3 N–H and O–H groups in total. The third kappa shape index (κ3) is 4.53. The molecule has 0 aliphatic rings. The molecule has 6 nitrogen and oxygen atoms in total. The van der Waals surface area contributed by atoms with Crippen LogP contribution in [-0.2, 0) is 0 Å². The third-order valence-electron chi connectivity index (χ3n) is 4.81. The van der Waals surface area contributed by atoms with Gasteiger partial charge >= 0.3 is 0 Å². The Labute approximate surface area is 181 Å². The number of methoxy groups -OCH3 is 2. The summed E-state index contributed by atoms with van der Waals surface area (Å²) < 4.78 is 16.6. The van der Waals surface area contributed by atoms with Gasteiger partial charge < -0.3 is 29.5 Å². The summed E-state index contributed by atoms with van der Waals surface area (Å²) in [7, 11) is 2.92. The molecule has 0 aliphatic heterocycles. The summed E-state index contributed by atoms with van der Waals surface area (Å²) in [5.41, 5.74) is 2.95. The molecule has 6 heteroatoms. The van der Waals surface area contributed by atoms with Crippen LogP contribution in [-0.4, -0.2) is 36.1 Å². The summed E-state index contributed by atoms with van der Waals surface area (Å²) in [4.78, 5) is 0. The average molecular weight is 422 g/mol. The molecule has 0 heterocycles. The summed E-state index contributed by atoms with van der Waals surface area (Å²) >= 11 is 0. The van der Waals surface area contributed by atoms with Gasteiger partial charge in [0.25, 0.3) is 0 Å². The Kier molecular flexibility index (Phi) is 6.60. The number of ether oxygens (including phenoxy) is 3. The van der Waals surface area contributed by atoms with Gasteiger partial charge in [-0.2, -0.15) is 0 Å². The summed E-state index contributed by atoms with van der Waals surface area (Å²) in [6, 6.07) is 13.3. The molecular formula is C25H26O6. The first-order valence-corrected chi connectivity index (χ1v) is 9.73. The molecule has 0 spiro atoms. The molecule has 0 radical (unpaired) electrons. The van der Waals surface area contributed by atoms with Crippen LogP contribution in [0.25, 0.3) is 22.3 Å². The van der Waals surface area contributed by atoms with E-state index in [9.17, 15) is 15.3 Å². The van der Waals surface area contributed by atoms with E-state index in [1.54, 1.807) is 42.5 Å². The first-order valence-electron chi connectivity index (χ1n) is 9.73. The van der Waals surface area contributed by atoms with Crippen LogP contribution in [0.15, 0.2) is 60.2 Å². The predicted octanol–water partition coefficient (Wildman–Crippen LogP) is 5.50. The fraction of sp³-hybridized carbons (Fsp3) is 0.200. The normalized spacial score (nSPS) is 10.5. The zero-order valence-electron chi connectivity index (χ0n) is 18.0. The molecule has 0 amide bonds. The van der Waals surface area contributed by atoms with Gasteiger partial charge in [-0.15, -0.1) is 0 Å². The fourth-order valence-electron chi connectivity index (χ4n) is 3.27. The standard InChI is InChI=1S/C25H26O6/c1-15(2)11-12-31-21-10-9-16(13-20(21)27)23-22(29-3)14-18(25(30-4)24(23)28)17-7-5-6-8-19(17)26/h5-11,13-14,26-28H,12H2,1-4H3. The molecule has 0 aliphatic carbocycles. The summed E-state index contributed by atoms with van der Waals surface area (Å²) in [6.07, 6.45) is 1.91. The SMILES string of the molecule is COc1cc(-c2ccccc2O)c(OC)c(O)c1-c1ccc(OCC=C(C)C)c(O)c1. The number of benzene rings is 3. The second-order valence-electron chi connectivity index (χ2n) is 7.18. The van der Waals surface area contributed by atoms with Crippen molar-refractivity contribution in [1.29, 1.82) is 0 Å². The van der Waals surface area contributed by atoms with Crippen molar-refractivity contribution < 1.29 is 29.5 Å². The summed E-state index contributed by atoms with van der Waals surface area (Å²) in [5, 5.41) is 31.7. The zero-order valence-corrected chi connectivity index (χ0v) is 18.0. The topological polar surface area (TPSA) is 88.4 Å². The molecule has 0 saturated heterocycles. The number of allylic oxidation sites excluding steroid dienone is 1. The lowest BCUT2D eigenvalue weighted by Crippen LogP contribution is -1.97. The molecule has 162 valence electrons. The van der Waals surface area contributed by atoms with Crippen molar-refractivity contribution in [2.75, 3.05) is 20.8 Å². The minimum atomic E-state index is -0.169. The lowest BCUT2D eigenvalue weighted by molar-refractivity contribution is 0.335. The van der Waals surface area contributed by atoms with Crippen molar-refractivity contribution in [2.45, 2.75) is 13.8 Å². The van der Waals surface area contributed by atoms with Crippen molar-refractivity contribution in [1.82, 2.24) is 0 Å². The lowest BCUT2D eigenvalue weighted by Gasteiger charge is -2.19. The molecule has 3 aromatic carbocycles. The van der Waals surface area contributed by atoms with Gasteiger partial charge in [0.05, 0.1) is 19.8 Å². The van der Waals surface area contributed by atoms with Gasteiger partial charge in [-0.1, -0.05) is 29.8 Å². The van der Waals surface area contributed by atoms with Crippen LogP contribution >= 0.6 is 0 Å². The van der Waals surface area contributed by atoms with E-state index in [0.717, 1.165) is 5.57 Å². The number of hydrogen-bond acceptors (Lipinski definition) is 6. The van der Waals surface area contributed by atoms with E-state index in [1.807, 2.05) is 19.9 Å². The minimum Gasteiger partial charge on any atom is -0.507 e. The van der Waals surface area contributed by atoms with Crippen molar-refractivity contribution in [3.8, 4) is 56.8 Å². The Morgan fingerprint density at radius 3 is 2.19 bits per heavy atom. The summed E-state index contributed by atoms with van der Waals surface area (Å²) in [6.45, 7) is 4.27. The monoisotopic (exact) mass is 422 g/mol. The molecule has 0 saturated carbocycles. The highest BCUT2D eigenvalue weighted by molar-refractivity contribution is 5.89. The number of hydrogen-bond donors (Lipinski definition) is 3. The molecule has 3 aromatic rings. The molecule has 0 aromatic heterocycles. The van der Waals surface area contributed by atoms with E-state index in [-0.39, 0.29) is 23.0 Å². The number of para-hydroxylation sites is 1. The van der Waals surface area contributed by atoms with Crippen LogP contribution in [0.3, 0.4) is 0 Å². The van der Waals surface area contributed by atoms with Crippen molar-refractivity contribution in [3.05, 3.63) is 60.2 Å². The highest BCUT2D eigenvalue weighted by Gasteiger charge is 2.23. The van der Waals surface area contributed by atoms with E-state index in [0.29, 0.717) is 40.4 Å². The number of aromatic hydroxyl groups is 3.